The number of anilines is 1. The molecule has 0 radical (unpaired) electrons. The van der Waals surface area contributed by atoms with E-state index in [1.165, 1.54) is 0 Å². The Hall–Kier alpha value is -2.48. The number of ether oxygens (including phenoxy) is 1. The van der Waals surface area contributed by atoms with Crippen LogP contribution in [0.2, 0.25) is 0 Å². The zero-order valence-electron chi connectivity index (χ0n) is 15.9. The minimum atomic E-state index is -1.01. The van der Waals surface area contributed by atoms with Gasteiger partial charge in [0.05, 0.1) is 19.6 Å². The molecule has 3 rings (SSSR count). The topological polar surface area (TPSA) is 90.9 Å². The molecular weight excluding hydrogens is 358 g/mol. The third-order valence-electron chi connectivity index (χ3n) is 4.90. The molecule has 0 spiro atoms. The average molecular weight is 385 g/mol. The maximum atomic E-state index is 12.4. The van der Waals surface area contributed by atoms with Crippen LogP contribution >= 0.6 is 0 Å². The number of hydrogen-bond donors (Lipinski definition) is 3. The highest BCUT2D eigenvalue weighted by Crippen LogP contribution is 2.23. The largest absolute Gasteiger partial charge is 0.480 e. The molecule has 1 unspecified atom stereocenters. The van der Waals surface area contributed by atoms with Gasteiger partial charge in [0, 0.05) is 24.2 Å². The maximum Gasteiger partial charge on any atom is 0.321 e. The molecule has 0 saturated carbocycles. The first-order valence-electron chi connectivity index (χ1n) is 9.67. The smallest absolute Gasteiger partial charge is 0.321 e. The van der Waals surface area contributed by atoms with Crippen molar-refractivity contribution in [2.24, 2.45) is 0 Å². The van der Waals surface area contributed by atoms with Crippen LogP contribution in [0.3, 0.4) is 0 Å². The van der Waals surface area contributed by atoms with Crippen molar-refractivity contribution in [3.8, 4) is 0 Å². The van der Waals surface area contributed by atoms with Crippen LogP contribution in [0.1, 0.15) is 12.8 Å². The fourth-order valence-electron chi connectivity index (χ4n) is 3.37. The Morgan fingerprint density at radius 2 is 1.86 bits per heavy atom. The third-order valence-corrected chi connectivity index (χ3v) is 4.90. The SMILES string of the molecule is O=C(CC(NCCCN1CCOCC1)C(=O)O)Nc1cccc2ccccc12. The molecule has 7 nitrogen and oxygen atoms in total. The summed E-state index contributed by atoms with van der Waals surface area (Å²) in [4.78, 5) is 26.2. The molecule has 1 atom stereocenters. The first-order valence-corrected chi connectivity index (χ1v) is 9.67. The molecule has 150 valence electrons. The number of amides is 1. The Kier molecular flexibility index (Phi) is 7.36. The molecule has 0 aromatic heterocycles. The first kappa shape index (κ1) is 20.3. The summed E-state index contributed by atoms with van der Waals surface area (Å²) >= 11 is 0. The molecule has 28 heavy (non-hydrogen) atoms. The summed E-state index contributed by atoms with van der Waals surface area (Å²) in [6.45, 7) is 4.77. The summed E-state index contributed by atoms with van der Waals surface area (Å²) in [6, 6.07) is 12.5. The van der Waals surface area contributed by atoms with Crippen molar-refractivity contribution in [2.45, 2.75) is 18.9 Å². The van der Waals surface area contributed by atoms with Crippen LogP contribution in [-0.2, 0) is 14.3 Å². The van der Waals surface area contributed by atoms with Gasteiger partial charge in [0.1, 0.15) is 6.04 Å². The third kappa shape index (κ3) is 5.76. The highest BCUT2D eigenvalue weighted by molar-refractivity contribution is 6.03. The van der Waals surface area contributed by atoms with Gasteiger partial charge in [-0.05, 0) is 31.0 Å². The second kappa shape index (κ2) is 10.2. The number of carbonyl (C=O) groups excluding carboxylic acids is 1. The number of nitrogens with zero attached hydrogens (tertiary/aromatic N) is 1. The summed E-state index contributed by atoms with van der Waals surface area (Å²) in [5.41, 5.74) is 0.694. The van der Waals surface area contributed by atoms with Crippen LogP contribution in [0.25, 0.3) is 10.8 Å². The molecule has 1 aliphatic heterocycles. The van der Waals surface area contributed by atoms with Crippen LogP contribution in [-0.4, -0.2) is 67.3 Å². The van der Waals surface area contributed by atoms with E-state index < -0.39 is 12.0 Å². The van der Waals surface area contributed by atoms with E-state index >= 15 is 0 Å². The molecule has 7 heteroatoms. The monoisotopic (exact) mass is 385 g/mol. The van der Waals surface area contributed by atoms with Crippen molar-refractivity contribution in [2.75, 3.05) is 44.7 Å². The summed E-state index contributed by atoms with van der Waals surface area (Å²) in [7, 11) is 0. The van der Waals surface area contributed by atoms with E-state index in [2.05, 4.69) is 15.5 Å². The van der Waals surface area contributed by atoms with Gasteiger partial charge in [-0.2, -0.15) is 0 Å². The number of rotatable bonds is 9. The van der Waals surface area contributed by atoms with Gasteiger partial charge < -0.3 is 20.5 Å². The lowest BCUT2D eigenvalue weighted by atomic mass is 10.1. The highest BCUT2D eigenvalue weighted by atomic mass is 16.5. The molecule has 1 aliphatic rings. The van der Waals surface area contributed by atoms with Gasteiger partial charge in [-0.1, -0.05) is 36.4 Å². The van der Waals surface area contributed by atoms with Crippen molar-refractivity contribution in [1.82, 2.24) is 10.2 Å². The lowest BCUT2D eigenvalue weighted by Crippen LogP contribution is -2.42. The molecule has 1 amide bonds. The van der Waals surface area contributed by atoms with Crippen LogP contribution in [0, 0.1) is 0 Å². The summed E-state index contributed by atoms with van der Waals surface area (Å²) < 4.78 is 5.32. The van der Waals surface area contributed by atoms with Crippen LogP contribution in [0.5, 0.6) is 0 Å². The van der Waals surface area contributed by atoms with E-state index in [0.717, 1.165) is 50.0 Å². The number of morpholine rings is 1. The van der Waals surface area contributed by atoms with E-state index in [-0.39, 0.29) is 12.3 Å². The second-order valence-corrected chi connectivity index (χ2v) is 6.93. The molecule has 3 N–H and O–H groups in total. The Morgan fingerprint density at radius 3 is 2.64 bits per heavy atom. The number of nitrogens with one attached hydrogen (secondary N) is 2. The molecule has 1 fully saturated rings. The number of benzene rings is 2. The Labute approximate surface area is 164 Å². The van der Waals surface area contributed by atoms with E-state index in [1.54, 1.807) is 0 Å². The van der Waals surface area contributed by atoms with E-state index in [9.17, 15) is 14.7 Å². The van der Waals surface area contributed by atoms with Gasteiger partial charge in [0.15, 0.2) is 0 Å². The summed E-state index contributed by atoms with van der Waals surface area (Å²) in [5.74, 6) is -1.33. The molecule has 0 aliphatic carbocycles. The van der Waals surface area contributed by atoms with Crippen LogP contribution in [0.4, 0.5) is 5.69 Å². The zero-order chi connectivity index (χ0) is 19.8. The standard InChI is InChI=1S/C21H27N3O4/c25-20(23-18-8-3-6-16-5-1-2-7-17(16)18)15-19(21(26)27)22-9-4-10-24-11-13-28-14-12-24/h1-3,5-8,19,22H,4,9-15H2,(H,23,25)(H,26,27). The molecular formula is C21H27N3O4. The number of carboxylic acid groups (broad SMARTS) is 1. The minimum Gasteiger partial charge on any atom is -0.480 e. The fraction of sp³-hybridized carbons (Fsp3) is 0.429. The van der Waals surface area contributed by atoms with E-state index in [1.807, 2.05) is 42.5 Å². The highest BCUT2D eigenvalue weighted by Gasteiger charge is 2.21. The van der Waals surface area contributed by atoms with Gasteiger partial charge >= 0.3 is 5.97 Å². The minimum absolute atomic E-state index is 0.115. The second-order valence-electron chi connectivity index (χ2n) is 6.93. The van der Waals surface area contributed by atoms with Crippen molar-refractivity contribution < 1.29 is 19.4 Å². The number of hydrogen-bond acceptors (Lipinski definition) is 5. The Bertz CT molecular complexity index is 800. The first-order chi connectivity index (χ1) is 13.6. The van der Waals surface area contributed by atoms with Crippen molar-refractivity contribution in [3.63, 3.8) is 0 Å². The molecule has 0 bridgehead atoms. The van der Waals surface area contributed by atoms with Gasteiger partial charge in [-0.25, -0.2) is 0 Å². The lowest BCUT2D eigenvalue weighted by Gasteiger charge is -2.26. The normalized spacial score (nSPS) is 16.0. The quantitative estimate of drug-likeness (QED) is 0.572. The fourth-order valence-corrected chi connectivity index (χ4v) is 3.37. The van der Waals surface area contributed by atoms with Gasteiger partial charge in [0.2, 0.25) is 5.91 Å². The Morgan fingerprint density at radius 1 is 1.11 bits per heavy atom. The van der Waals surface area contributed by atoms with Crippen molar-refractivity contribution in [1.29, 1.82) is 0 Å². The number of fused-ring (bicyclic) bond motifs is 1. The predicted octanol–water partition coefficient (Wildman–Crippen LogP) is 1.93. The Balaban J connectivity index is 1.49. The van der Waals surface area contributed by atoms with E-state index in [4.69, 9.17) is 4.74 Å². The molecule has 2 aromatic rings. The molecule has 1 heterocycles. The summed E-state index contributed by atoms with van der Waals surface area (Å²) in [6.07, 6.45) is 0.713. The number of carboxylic acids is 1. The number of aliphatic carboxylic acids is 1. The van der Waals surface area contributed by atoms with Crippen molar-refractivity contribution >= 4 is 28.3 Å². The van der Waals surface area contributed by atoms with Crippen LogP contribution in [0.15, 0.2) is 42.5 Å². The molecule has 1 saturated heterocycles. The van der Waals surface area contributed by atoms with Gasteiger partial charge in [-0.3, -0.25) is 14.5 Å². The van der Waals surface area contributed by atoms with Gasteiger partial charge in [-0.15, -0.1) is 0 Å². The molecule has 2 aromatic carbocycles. The maximum absolute atomic E-state index is 12.4. The van der Waals surface area contributed by atoms with Crippen molar-refractivity contribution in [3.05, 3.63) is 42.5 Å². The van der Waals surface area contributed by atoms with E-state index in [0.29, 0.717) is 12.2 Å². The zero-order valence-corrected chi connectivity index (χ0v) is 15.9. The van der Waals surface area contributed by atoms with Crippen LogP contribution < -0.4 is 10.6 Å². The predicted molar refractivity (Wildman–Crippen MR) is 108 cm³/mol. The van der Waals surface area contributed by atoms with Gasteiger partial charge in [0.25, 0.3) is 0 Å². The average Bonchev–Trinajstić information content (AvgIpc) is 2.71. The number of carbonyl (C=O) groups is 2. The summed E-state index contributed by atoms with van der Waals surface area (Å²) in [5, 5.41) is 17.2. The lowest BCUT2D eigenvalue weighted by molar-refractivity contribution is -0.141.